The normalized spacial score (nSPS) is 34.6. The number of fused-ring (bicyclic) bond motifs is 1. The van der Waals surface area contributed by atoms with Gasteiger partial charge < -0.3 is 0 Å². The second-order valence-electron chi connectivity index (χ2n) is 5.88. The number of rotatable bonds is 1. The molecule has 1 N–H and O–H groups in total. The SMILES string of the molecule is O1[As]2O[As]3O[As]1O[As](O2)O3.O=C1CCC(N2C(=O)c3ccccc3C2=O)C(=O)N1. The molecule has 0 saturated carbocycles. The summed E-state index contributed by atoms with van der Waals surface area (Å²) < 4.78 is 31.3. The Hall–Kier alpha value is -0.506. The summed E-state index contributed by atoms with van der Waals surface area (Å²) in [5.74, 6) is -1.92. The van der Waals surface area contributed by atoms with E-state index in [0.29, 0.717) is 11.1 Å². The first kappa shape index (κ1) is 20.4. The van der Waals surface area contributed by atoms with Gasteiger partial charge in [-0.2, -0.15) is 0 Å². The molecule has 16 heteroatoms. The summed E-state index contributed by atoms with van der Waals surface area (Å²) in [5, 5.41) is 2.15. The molecule has 0 spiro atoms. The van der Waals surface area contributed by atoms with E-state index < -0.39 is 86.5 Å². The quantitative estimate of drug-likeness (QED) is 0.272. The molecule has 12 nitrogen and oxygen atoms in total. The standard InChI is InChI=1S/C13H10N2O4.As4O6/c16-10-6-5-9(11(17)14-10)15-12(18)7-3-1-2-4-8(7)13(15)19;5-1-6-3-8-2(5)9-4(7-1)10-3/h1-4,9H,5-6H2,(H,14,16,17);. The van der Waals surface area contributed by atoms with Gasteiger partial charge in [-0.15, -0.1) is 0 Å². The van der Waals surface area contributed by atoms with E-state index in [2.05, 4.69) is 5.32 Å². The number of carbonyl (C=O) groups is 4. The number of imide groups is 2. The Morgan fingerprint density at radius 3 is 1.66 bits per heavy atom. The summed E-state index contributed by atoms with van der Waals surface area (Å²) >= 11 is -7.31. The molecule has 5 saturated heterocycles. The second kappa shape index (κ2) is 8.21. The largest absolute Gasteiger partial charge is 0.295 e. The fraction of sp³-hybridized carbons (Fsp3) is 0.231. The molecule has 7 rings (SSSR count). The third kappa shape index (κ3) is 3.92. The number of nitrogens with one attached hydrogen (secondary N) is 1. The van der Waals surface area contributed by atoms with Gasteiger partial charge in [0.2, 0.25) is 11.8 Å². The minimum atomic E-state index is -1.83. The van der Waals surface area contributed by atoms with Crippen molar-refractivity contribution in [2.24, 2.45) is 0 Å². The first-order valence-electron chi connectivity index (χ1n) is 8.09. The van der Waals surface area contributed by atoms with Crippen LogP contribution in [0.25, 0.3) is 0 Å². The second-order valence-corrected chi connectivity index (χ2v) is 22.4. The summed E-state index contributed by atoms with van der Waals surface area (Å²) in [6, 6.07) is 5.55. The van der Waals surface area contributed by atoms with Gasteiger partial charge in [-0.1, -0.05) is 12.1 Å². The van der Waals surface area contributed by atoms with Crippen LogP contribution in [0.2, 0.25) is 0 Å². The van der Waals surface area contributed by atoms with Crippen molar-refractivity contribution in [3.8, 4) is 0 Å². The molecule has 4 amide bonds. The van der Waals surface area contributed by atoms with Gasteiger partial charge in [-0.05, 0) is 18.6 Å². The molecule has 6 aliphatic heterocycles. The van der Waals surface area contributed by atoms with Crippen LogP contribution >= 0.6 is 0 Å². The van der Waals surface area contributed by atoms with Gasteiger partial charge in [0.15, 0.2) is 0 Å². The molecule has 152 valence electrons. The summed E-state index contributed by atoms with van der Waals surface area (Å²) in [7, 11) is 0. The minimum absolute atomic E-state index is 0.129. The Bertz CT molecular complexity index is 824. The zero-order chi connectivity index (χ0) is 20.1. The van der Waals surface area contributed by atoms with Crippen LogP contribution in [0.4, 0.5) is 0 Å². The maximum Gasteiger partial charge on any atom is 0.262 e. The molecular formula is C13H10As4N2O10. The molecule has 0 radical (unpaired) electrons. The van der Waals surface area contributed by atoms with Gasteiger partial charge in [0.25, 0.3) is 11.8 Å². The van der Waals surface area contributed by atoms with Gasteiger partial charge >= 0.3 is 79.0 Å². The average molecular weight is 654 g/mol. The van der Waals surface area contributed by atoms with Crippen molar-refractivity contribution >= 4 is 86.3 Å². The van der Waals surface area contributed by atoms with Crippen molar-refractivity contribution in [3.05, 3.63) is 35.4 Å². The van der Waals surface area contributed by atoms with E-state index in [9.17, 15) is 19.2 Å². The van der Waals surface area contributed by atoms with Gasteiger partial charge in [0, 0.05) is 6.42 Å². The van der Waals surface area contributed by atoms with Crippen molar-refractivity contribution in [2.75, 3.05) is 0 Å². The minimum Gasteiger partial charge on any atom is -0.295 e. The van der Waals surface area contributed by atoms with Crippen LogP contribution < -0.4 is 5.32 Å². The van der Waals surface area contributed by atoms with E-state index in [1.54, 1.807) is 24.3 Å². The Morgan fingerprint density at radius 1 is 0.793 bits per heavy atom. The molecule has 0 aromatic heterocycles. The number of carbonyl (C=O) groups excluding carboxylic acids is 4. The van der Waals surface area contributed by atoms with E-state index in [4.69, 9.17) is 16.3 Å². The number of hydrogen-bond acceptors (Lipinski definition) is 10. The van der Waals surface area contributed by atoms with Gasteiger partial charge in [-0.3, -0.25) is 29.4 Å². The van der Waals surface area contributed by atoms with Crippen LogP contribution in [-0.4, -0.2) is 97.3 Å². The molecule has 1 aromatic carbocycles. The fourth-order valence-corrected chi connectivity index (χ4v) is 36.3. The van der Waals surface area contributed by atoms with E-state index in [0.717, 1.165) is 4.90 Å². The van der Waals surface area contributed by atoms with Gasteiger partial charge in [0.1, 0.15) is 6.04 Å². The first-order valence-corrected chi connectivity index (χ1v) is 17.3. The summed E-state index contributed by atoms with van der Waals surface area (Å²) in [4.78, 5) is 48.1. The van der Waals surface area contributed by atoms with Crippen molar-refractivity contribution in [3.63, 3.8) is 0 Å². The molecule has 0 aliphatic carbocycles. The van der Waals surface area contributed by atoms with Crippen molar-refractivity contribution in [2.45, 2.75) is 18.9 Å². The molecule has 5 fully saturated rings. The number of nitrogens with zero attached hydrogens (tertiary/aromatic N) is 1. The van der Waals surface area contributed by atoms with Crippen molar-refractivity contribution in [1.29, 1.82) is 0 Å². The number of benzene rings is 1. The monoisotopic (exact) mass is 654 g/mol. The molecular weight excluding hydrogens is 644 g/mol. The maximum atomic E-state index is 12.2. The van der Waals surface area contributed by atoms with Crippen LogP contribution in [-0.2, 0) is 25.9 Å². The number of piperidine rings is 1. The van der Waals surface area contributed by atoms with E-state index in [-0.39, 0.29) is 18.7 Å². The zero-order valence-electron chi connectivity index (χ0n) is 14.1. The molecule has 1 atom stereocenters. The number of amides is 4. The van der Waals surface area contributed by atoms with E-state index >= 15 is 0 Å². The van der Waals surface area contributed by atoms with E-state index in [1.807, 2.05) is 0 Å². The predicted molar refractivity (Wildman–Crippen MR) is 92.6 cm³/mol. The Balaban J connectivity index is 0.000000150. The van der Waals surface area contributed by atoms with Crippen molar-refractivity contribution in [1.82, 2.24) is 10.2 Å². The molecule has 1 aromatic rings. The topological polar surface area (TPSA) is 139 Å². The van der Waals surface area contributed by atoms with Crippen LogP contribution in [0.5, 0.6) is 0 Å². The van der Waals surface area contributed by atoms with Crippen LogP contribution in [0.15, 0.2) is 24.3 Å². The third-order valence-corrected chi connectivity index (χ3v) is 24.9. The van der Waals surface area contributed by atoms with Crippen LogP contribution in [0, 0.1) is 0 Å². The molecule has 29 heavy (non-hydrogen) atoms. The van der Waals surface area contributed by atoms with E-state index in [1.165, 1.54) is 0 Å². The van der Waals surface area contributed by atoms with Crippen LogP contribution in [0.1, 0.15) is 33.6 Å². The smallest absolute Gasteiger partial charge is 0.262 e. The maximum absolute atomic E-state index is 12.2. The van der Waals surface area contributed by atoms with Crippen molar-refractivity contribution < 1.29 is 35.5 Å². The molecule has 4 bridgehead atoms. The molecule has 6 aliphatic rings. The summed E-state index contributed by atoms with van der Waals surface area (Å²) in [6.45, 7) is 0. The van der Waals surface area contributed by atoms with Gasteiger partial charge in [-0.25, -0.2) is 0 Å². The predicted octanol–water partition coefficient (Wildman–Crippen LogP) is -1.85. The zero-order valence-corrected chi connectivity index (χ0v) is 21.6. The number of hydrogen-bond donors (Lipinski definition) is 1. The Kier molecular flexibility index (Phi) is 5.77. The Labute approximate surface area is 185 Å². The molecule has 6 heterocycles. The summed E-state index contributed by atoms with van der Waals surface area (Å²) in [6.07, 6.45) is 0.306. The average Bonchev–Trinajstić information content (AvgIpc) is 2.93. The fourth-order valence-electron chi connectivity index (χ4n) is 2.92. The summed E-state index contributed by atoms with van der Waals surface area (Å²) in [5.41, 5.74) is 0.606. The molecule has 1 unspecified atom stereocenters. The first-order chi connectivity index (χ1) is 14.0. The van der Waals surface area contributed by atoms with Gasteiger partial charge in [0.05, 0.1) is 11.1 Å². The Morgan fingerprint density at radius 2 is 1.24 bits per heavy atom. The third-order valence-electron chi connectivity index (χ3n) is 4.15. The van der Waals surface area contributed by atoms with Crippen LogP contribution in [0.3, 0.4) is 0 Å².